The summed E-state index contributed by atoms with van der Waals surface area (Å²) in [7, 11) is 0. The monoisotopic (exact) mass is 378 g/mol. The molecule has 2 heterocycles. The summed E-state index contributed by atoms with van der Waals surface area (Å²) in [5.74, 6) is 0.190. The van der Waals surface area contributed by atoms with Gasteiger partial charge >= 0.3 is 0 Å². The summed E-state index contributed by atoms with van der Waals surface area (Å²) in [5, 5.41) is 9.41. The fourth-order valence-electron chi connectivity index (χ4n) is 2.61. The van der Waals surface area contributed by atoms with Crippen LogP contribution in [0.3, 0.4) is 0 Å². The number of carbonyl (C=O) groups is 1. The number of hydrogen-bond acceptors (Lipinski definition) is 5. The maximum Gasteiger partial charge on any atom is 0.281 e. The fourth-order valence-corrected chi connectivity index (χ4v) is 3.26. The van der Waals surface area contributed by atoms with E-state index in [-0.39, 0.29) is 11.7 Å². The molecule has 27 heavy (non-hydrogen) atoms. The number of halogens is 1. The van der Waals surface area contributed by atoms with Gasteiger partial charge in [0.2, 0.25) is 5.95 Å². The molecule has 134 valence electrons. The van der Waals surface area contributed by atoms with E-state index in [0.29, 0.717) is 23.9 Å². The Balaban J connectivity index is 1.67. The average molecular weight is 378 g/mol. The number of rotatable bonds is 5. The SMILES string of the molecule is O=C(c1ccccc1)n1nc(-c2cccs2)nc1NCc1cccc(F)c1. The smallest absolute Gasteiger partial charge is 0.281 e. The van der Waals surface area contributed by atoms with Crippen molar-refractivity contribution in [3.63, 3.8) is 0 Å². The van der Waals surface area contributed by atoms with Crippen molar-refractivity contribution in [3.05, 3.63) is 89.1 Å². The van der Waals surface area contributed by atoms with Crippen LogP contribution in [-0.4, -0.2) is 20.7 Å². The largest absolute Gasteiger partial charge is 0.350 e. The predicted octanol–water partition coefficient (Wildman–Crippen LogP) is 4.45. The third-order valence-corrected chi connectivity index (χ3v) is 4.77. The van der Waals surface area contributed by atoms with E-state index in [1.165, 1.54) is 28.2 Å². The van der Waals surface area contributed by atoms with Crippen LogP contribution in [0.2, 0.25) is 0 Å². The lowest BCUT2D eigenvalue weighted by molar-refractivity contribution is 0.0947. The molecule has 0 aliphatic carbocycles. The molecule has 0 radical (unpaired) electrons. The van der Waals surface area contributed by atoms with Crippen LogP contribution in [0.15, 0.2) is 72.1 Å². The van der Waals surface area contributed by atoms with Crippen LogP contribution in [-0.2, 0) is 6.54 Å². The molecule has 0 aliphatic heterocycles. The van der Waals surface area contributed by atoms with E-state index < -0.39 is 0 Å². The van der Waals surface area contributed by atoms with Crippen molar-refractivity contribution in [2.75, 3.05) is 5.32 Å². The van der Waals surface area contributed by atoms with Crippen LogP contribution in [0.25, 0.3) is 10.7 Å². The third kappa shape index (κ3) is 3.78. The highest BCUT2D eigenvalue weighted by atomic mass is 32.1. The van der Waals surface area contributed by atoms with E-state index in [1.807, 2.05) is 23.6 Å². The van der Waals surface area contributed by atoms with Gasteiger partial charge in [0, 0.05) is 12.1 Å². The van der Waals surface area contributed by atoms with Gasteiger partial charge in [-0.3, -0.25) is 4.79 Å². The van der Waals surface area contributed by atoms with Crippen LogP contribution in [0, 0.1) is 5.82 Å². The first kappa shape index (κ1) is 17.1. The second-order valence-corrected chi connectivity index (χ2v) is 6.75. The number of benzene rings is 2. The highest BCUT2D eigenvalue weighted by Crippen LogP contribution is 2.23. The van der Waals surface area contributed by atoms with Gasteiger partial charge < -0.3 is 5.32 Å². The van der Waals surface area contributed by atoms with Gasteiger partial charge in [-0.1, -0.05) is 36.4 Å². The predicted molar refractivity (Wildman–Crippen MR) is 103 cm³/mol. The number of nitrogens with zero attached hydrogens (tertiary/aromatic N) is 3. The van der Waals surface area contributed by atoms with Gasteiger partial charge in [-0.15, -0.1) is 16.4 Å². The van der Waals surface area contributed by atoms with Crippen molar-refractivity contribution in [1.82, 2.24) is 14.8 Å². The maximum atomic E-state index is 13.4. The Kier molecular flexibility index (Phi) is 4.76. The summed E-state index contributed by atoms with van der Waals surface area (Å²) < 4.78 is 14.7. The number of thiophene rings is 1. The van der Waals surface area contributed by atoms with E-state index in [9.17, 15) is 9.18 Å². The minimum Gasteiger partial charge on any atom is -0.350 e. The number of anilines is 1. The number of nitrogens with one attached hydrogen (secondary N) is 1. The van der Waals surface area contributed by atoms with Crippen molar-refractivity contribution in [2.24, 2.45) is 0 Å². The standard InChI is InChI=1S/C20H15FN4OS/c21-16-9-4-6-14(12-16)13-22-20-23-18(17-10-5-11-27-17)24-25(20)19(26)15-7-2-1-3-8-15/h1-12H,13H2,(H,22,23,24). The molecule has 2 aromatic heterocycles. The number of aromatic nitrogens is 3. The summed E-state index contributed by atoms with van der Waals surface area (Å²) in [4.78, 5) is 18.2. The molecule has 0 aliphatic rings. The van der Waals surface area contributed by atoms with Gasteiger partial charge in [0.25, 0.3) is 5.91 Å². The molecule has 0 unspecified atom stereocenters. The fraction of sp³-hybridized carbons (Fsp3) is 0.0500. The Morgan fingerprint density at radius 1 is 1.07 bits per heavy atom. The topological polar surface area (TPSA) is 59.8 Å². The Labute approximate surface area is 159 Å². The summed E-state index contributed by atoms with van der Waals surface area (Å²) in [6.45, 7) is 0.322. The van der Waals surface area contributed by atoms with Crippen molar-refractivity contribution in [3.8, 4) is 10.7 Å². The van der Waals surface area contributed by atoms with Crippen LogP contribution in [0.5, 0.6) is 0 Å². The first-order valence-corrected chi connectivity index (χ1v) is 9.18. The molecule has 2 aromatic carbocycles. The molecule has 0 amide bonds. The molecule has 4 rings (SSSR count). The zero-order valence-corrected chi connectivity index (χ0v) is 15.0. The van der Waals surface area contributed by atoms with Gasteiger partial charge in [-0.2, -0.15) is 9.67 Å². The van der Waals surface area contributed by atoms with E-state index in [1.54, 1.807) is 36.4 Å². The van der Waals surface area contributed by atoms with Gasteiger partial charge in [-0.05, 0) is 41.3 Å². The van der Waals surface area contributed by atoms with E-state index >= 15 is 0 Å². The normalized spacial score (nSPS) is 10.7. The van der Waals surface area contributed by atoms with Gasteiger partial charge in [0.05, 0.1) is 4.88 Å². The van der Waals surface area contributed by atoms with Gasteiger partial charge in [0.15, 0.2) is 5.82 Å². The molecule has 0 saturated heterocycles. The molecular formula is C20H15FN4OS. The van der Waals surface area contributed by atoms with E-state index in [2.05, 4.69) is 15.4 Å². The summed E-state index contributed by atoms with van der Waals surface area (Å²) in [6.07, 6.45) is 0. The Morgan fingerprint density at radius 2 is 1.93 bits per heavy atom. The molecule has 0 bridgehead atoms. The lowest BCUT2D eigenvalue weighted by atomic mass is 10.2. The minimum absolute atomic E-state index is 0.285. The first-order chi connectivity index (χ1) is 13.2. The lowest BCUT2D eigenvalue weighted by Gasteiger charge is -2.07. The highest BCUT2D eigenvalue weighted by Gasteiger charge is 2.19. The second-order valence-electron chi connectivity index (χ2n) is 5.80. The third-order valence-electron chi connectivity index (χ3n) is 3.90. The van der Waals surface area contributed by atoms with Crippen molar-refractivity contribution >= 4 is 23.2 Å². The number of hydrogen-bond donors (Lipinski definition) is 1. The molecule has 5 nitrogen and oxygen atoms in total. The maximum absolute atomic E-state index is 13.4. The Hall–Kier alpha value is -3.32. The zero-order valence-electron chi connectivity index (χ0n) is 14.2. The van der Waals surface area contributed by atoms with Crippen LogP contribution >= 0.6 is 11.3 Å². The summed E-state index contributed by atoms with van der Waals surface area (Å²) in [6, 6.07) is 19.0. The van der Waals surface area contributed by atoms with Crippen LogP contribution < -0.4 is 5.32 Å². The van der Waals surface area contributed by atoms with Crippen LogP contribution in [0.4, 0.5) is 10.3 Å². The molecular weight excluding hydrogens is 363 g/mol. The van der Waals surface area contributed by atoms with Crippen molar-refractivity contribution in [1.29, 1.82) is 0 Å². The van der Waals surface area contributed by atoms with Crippen molar-refractivity contribution in [2.45, 2.75) is 6.54 Å². The Morgan fingerprint density at radius 3 is 2.67 bits per heavy atom. The van der Waals surface area contributed by atoms with E-state index in [4.69, 9.17) is 0 Å². The Bertz CT molecular complexity index is 1060. The summed E-state index contributed by atoms with van der Waals surface area (Å²) >= 11 is 1.50. The lowest BCUT2D eigenvalue weighted by Crippen LogP contribution is -2.17. The minimum atomic E-state index is -0.310. The first-order valence-electron chi connectivity index (χ1n) is 8.30. The molecule has 0 spiro atoms. The summed E-state index contributed by atoms with van der Waals surface area (Å²) in [5.41, 5.74) is 1.25. The molecule has 1 N–H and O–H groups in total. The average Bonchev–Trinajstić information content (AvgIpc) is 3.36. The van der Waals surface area contributed by atoms with Crippen molar-refractivity contribution < 1.29 is 9.18 Å². The molecule has 4 aromatic rings. The van der Waals surface area contributed by atoms with Gasteiger partial charge in [0.1, 0.15) is 5.82 Å². The van der Waals surface area contributed by atoms with Crippen LogP contribution in [0.1, 0.15) is 15.9 Å². The second kappa shape index (κ2) is 7.51. The molecule has 0 atom stereocenters. The molecule has 0 saturated carbocycles. The molecule has 7 heteroatoms. The van der Waals surface area contributed by atoms with Gasteiger partial charge in [-0.25, -0.2) is 4.39 Å². The number of carbonyl (C=O) groups excluding carboxylic acids is 1. The molecule has 0 fully saturated rings. The van der Waals surface area contributed by atoms with E-state index in [0.717, 1.165) is 10.4 Å². The quantitative estimate of drug-likeness (QED) is 0.558. The highest BCUT2D eigenvalue weighted by molar-refractivity contribution is 7.13. The zero-order chi connectivity index (χ0) is 18.6.